The molecule has 127 heavy (non-hydrogen) atoms. The van der Waals surface area contributed by atoms with Gasteiger partial charge in [-0.1, -0.05) is 156 Å². The monoisotopic (exact) mass is 1760 g/mol. The number of hydrogen-bond donors (Lipinski definition) is 12. The van der Waals surface area contributed by atoms with Crippen molar-refractivity contribution >= 4 is 47.0 Å². The Bertz CT molecular complexity index is 4890. The van der Waals surface area contributed by atoms with Crippen LogP contribution in [0.2, 0.25) is 0 Å². The summed E-state index contributed by atoms with van der Waals surface area (Å²) in [5, 5.41) is 135. The van der Waals surface area contributed by atoms with Crippen LogP contribution in [0, 0.1) is 138 Å². The number of aliphatic hydroxyl groups is 12. The second kappa shape index (κ2) is 34.2. The maximum absolute atomic E-state index is 14.5. The molecule has 16 aliphatic carbocycles. The van der Waals surface area contributed by atoms with Crippen molar-refractivity contribution in [1.29, 1.82) is 0 Å². The third-order valence-electron chi connectivity index (χ3n) is 35.5. The first-order chi connectivity index (χ1) is 57.5. The van der Waals surface area contributed by atoms with Crippen LogP contribution in [0.25, 0.3) is 0 Å². The summed E-state index contributed by atoms with van der Waals surface area (Å²) >= 11 is 0. The minimum absolute atomic E-state index is 0. The van der Waals surface area contributed by atoms with E-state index < -0.39 is 154 Å². The molecule has 0 aliphatic heterocycles. The van der Waals surface area contributed by atoms with Gasteiger partial charge in [0.2, 0.25) is 0 Å². The number of allylic oxidation sites excluding steroid dienone is 8. The Kier molecular flexibility index (Phi) is 27.6. The van der Waals surface area contributed by atoms with Gasteiger partial charge in [0.1, 0.15) is 61.0 Å². The minimum Gasteiger partial charge on any atom is -0.870 e. The van der Waals surface area contributed by atoms with Gasteiger partial charge < -0.3 is 91.2 Å². The largest absolute Gasteiger partial charge is 1.00 e. The second-order valence-electron chi connectivity index (χ2n) is 42.6. The van der Waals surface area contributed by atoms with Gasteiger partial charge in [-0.2, -0.15) is 0 Å². The molecular formula is C100H139LiO26. The van der Waals surface area contributed by atoms with Crippen LogP contribution in [-0.4, -0.2) is 217 Å². The topological polar surface area (TPSA) is 478 Å². The van der Waals surface area contributed by atoms with E-state index >= 15 is 0 Å². The van der Waals surface area contributed by atoms with Crippen molar-refractivity contribution in [3.8, 4) is 0 Å². The molecule has 16 aliphatic rings. The van der Waals surface area contributed by atoms with Gasteiger partial charge >= 0.3 is 42.7 Å². The maximum atomic E-state index is 14.5. The van der Waals surface area contributed by atoms with E-state index in [4.69, 9.17) is 18.9 Å². The van der Waals surface area contributed by atoms with E-state index in [-0.39, 0.29) is 163 Å². The van der Waals surface area contributed by atoms with Crippen molar-refractivity contribution in [1.82, 2.24) is 0 Å². The first-order valence-electron chi connectivity index (χ1n) is 44.7. The molecule has 26 nitrogen and oxygen atoms in total. The number of rotatable bonds is 12. The minimum atomic E-state index is -2.15. The van der Waals surface area contributed by atoms with Crippen molar-refractivity contribution < 1.29 is 148 Å². The van der Waals surface area contributed by atoms with Crippen LogP contribution in [0.15, 0.2) is 140 Å². The van der Waals surface area contributed by atoms with Crippen molar-refractivity contribution in [2.45, 2.75) is 263 Å². The molecule has 0 unspecified atom stereocenters. The van der Waals surface area contributed by atoms with Crippen molar-refractivity contribution in [3.05, 3.63) is 140 Å². The molecule has 0 aromatic heterocycles. The Hall–Kier alpha value is -6.52. The van der Waals surface area contributed by atoms with E-state index in [1.54, 1.807) is 156 Å². The van der Waals surface area contributed by atoms with E-state index in [1.807, 2.05) is 27.7 Å². The summed E-state index contributed by atoms with van der Waals surface area (Å²) in [6, 6.07) is 0. The number of ether oxygens (including phenoxy) is 4. The van der Waals surface area contributed by atoms with Crippen molar-refractivity contribution in [2.75, 3.05) is 26.4 Å². The van der Waals surface area contributed by atoms with E-state index in [0.717, 1.165) is 19.3 Å². The predicted octanol–water partition coefficient (Wildman–Crippen LogP) is 5.33. The summed E-state index contributed by atoms with van der Waals surface area (Å²) in [6.07, 6.45) is 11.8. The molecule has 0 radical (unpaired) electrons. The average molecular weight is 1760 g/mol. The summed E-state index contributed by atoms with van der Waals surface area (Å²) in [6.45, 7) is 43.7. The van der Waals surface area contributed by atoms with Gasteiger partial charge in [0.05, 0.1) is 34.9 Å². The molecular weight excluding hydrogens is 1620 g/mol. The Balaban J connectivity index is 0.000000176. The van der Waals surface area contributed by atoms with E-state index in [2.05, 4.69) is 55.4 Å². The molecule has 0 aromatic carbocycles. The van der Waals surface area contributed by atoms with Crippen LogP contribution in [0.3, 0.4) is 0 Å². The molecule has 8 bridgehead atoms. The molecule has 0 aromatic rings. The first kappa shape index (κ1) is 103. The van der Waals surface area contributed by atoms with Crippen LogP contribution < -0.4 is 18.9 Å². The zero-order valence-electron chi connectivity index (χ0n) is 78.7. The number of Topliss-reactive ketones (excluding diaryl/α,β-unsaturated/α-hetero) is 4. The molecule has 0 amide bonds. The molecule has 0 saturated heterocycles. The van der Waals surface area contributed by atoms with Gasteiger partial charge in [0, 0.05) is 46.0 Å². The summed E-state index contributed by atoms with van der Waals surface area (Å²) in [4.78, 5) is 107. The summed E-state index contributed by atoms with van der Waals surface area (Å²) in [7, 11) is 0. The molecule has 32 atom stereocenters. The fourth-order valence-corrected chi connectivity index (χ4v) is 27.4. The molecule has 696 valence electrons. The predicted molar refractivity (Wildman–Crippen MR) is 464 cm³/mol. The number of aliphatic hydroxyl groups excluding tert-OH is 8. The Morgan fingerprint density at radius 3 is 0.890 bits per heavy atom. The van der Waals surface area contributed by atoms with E-state index in [9.17, 15) is 99.6 Å². The van der Waals surface area contributed by atoms with Gasteiger partial charge in [-0.3, -0.25) is 19.2 Å². The summed E-state index contributed by atoms with van der Waals surface area (Å²) < 4.78 is 22.5. The van der Waals surface area contributed by atoms with Crippen LogP contribution in [0.5, 0.6) is 0 Å². The van der Waals surface area contributed by atoms with Crippen LogP contribution >= 0.6 is 0 Å². The van der Waals surface area contributed by atoms with Gasteiger partial charge in [-0.15, -0.1) is 0 Å². The number of carbonyl (C=O) groups excluding carboxylic acids is 8. The van der Waals surface area contributed by atoms with Crippen molar-refractivity contribution in [3.63, 3.8) is 0 Å². The quantitative estimate of drug-likeness (QED) is 0.0386. The third-order valence-corrected chi connectivity index (χ3v) is 35.5. The van der Waals surface area contributed by atoms with E-state index in [1.165, 1.54) is 0 Å². The molecule has 16 rings (SSSR count). The Labute approximate surface area is 758 Å². The Morgan fingerprint density at radius 2 is 0.598 bits per heavy atom. The van der Waals surface area contributed by atoms with Gasteiger partial charge in [-0.05, 0) is 246 Å². The zero-order valence-corrected chi connectivity index (χ0v) is 78.7. The Morgan fingerprint density at radius 1 is 0.370 bits per heavy atom. The van der Waals surface area contributed by atoms with Crippen molar-refractivity contribution in [2.24, 2.45) is 138 Å². The van der Waals surface area contributed by atoms with Gasteiger partial charge in [0.25, 0.3) is 0 Å². The number of hydrogen-bond acceptors (Lipinski definition) is 25. The van der Waals surface area contributed by atoms with Gasteiger partial charge in [0.15, 0.2) is 46.5 Å². The second-order valence-corrected chi connectivity index (χ2v) is 42.6. The summed E-state index contributed by atoms with van der Waals surface area (Å²) in [5.41, 5.74) is -9.44. The van der Waals surface area contributed by atoms with Crippen LogP contribution in [0.1, 0.15) is 192 Å². The van der Waals surface area contributed by atoms with Crippen LogP contribution in [-0.2, 0) is 57.3 Å². The van der Waals surface area contributed by atoms with E-state index in [0.29, 0.717) is 68.8 Å². The van der Waals surface area contributed by atoms with Gasteiger partial charge in [-0.25, -0.2) is 19.2 Å². The maximum Gasteiger partial charge on any atom is 1.00 e. The standard InChI is InChI=1S/C30H40O7.2C25H34O6.C20H28O5.Li.2H2O/c1-9-15(3)26(33)36-14-19-12-20-22-21(28(22,7)8)11-18(6)29(24(20)32)13-17(5)25(30(29,35)23(19)31)37-27(34)16(4)10-2;1-7-12(2)22(29)31-21-15(11-26)9-16-18-17(23(18,5)6)8-14(4)24(20(16)28)10-13(3)19(27)25(21,24)30;1-7-12(2)22(29)31-11-15-9-16-18-17(23(18,5)6)8-14(4)24(21(16)28)10-13(3)19(26)25(24,30)20(15)27;1-9-7-19-10(2)5-13-14(18(13,3)4)12(17(19)24)6-11(8-21)16(23)20(19,25)15(9)22;;;/h9-10,12-13,18,20-23,25,31,35H,11,14H2,1-8H3;7,9-10,14,16-19,21,26-27,30H,8,11H2,1-6H3;7,9-10,14,16-20,26-27,30H,8,11H2,1-6H3;6-7,10,12-16,21-23,25H,5,8H2,1-4H3;;2*1H2/q;;;;+1;;/p-1/b15-9-,16-10-;2*12-7-;;;;/t18-,20+,21-,22+,23-,25+,29+,30+;14-,16+,17-,18+,19+,21-,24+,25-;14-,16+,17-,18+,19+,20-,24+,25-;10-,12+,13-,14+,15+,16-,19+,20-;;;/m1111.../s1. The third kappa shape index (κ3) is 14.0. The summed E-state index contributed by atoms with van der Waals surface area (Å²) in [5.74, 6) is -4.44. The van der Waals surface area contributed by atoms with Crippen LogP contribution in [0.4, 0.5) is 0 Å². The fraction of sp³-hybridized carbons (Fsp3) is 0.680. The number of ketones is 4. The molecule has 27 heteroatoms. The zero-order chi connectivity index (χ0) is 92.4. The number of esters is 4. The number of carbonyl (C=O) groups is 8. The molecule has 15 N–H and O–H groups in total. The molecule has 8 saturated carbocycles. The smallest absolute Gasteiger partial charge is 0.870 e. The molecule has 4 spiro atoms. The molecule has 8 fully saturated rings. The number of fused-ring (bicyclic) bond motifs is 12. The normalized spacial score (nSPS) is 44.5. The first-order valence-corrected chi connectivity index (χ1v) is 44.7. The fourth-order valence-electron chi connectivity index (χ4n) is 27.4. The molecule has 0 heterocycles. The average Bonchev–Trinajstić information content (AvgIpc) is 1.51. The SMILES string of the molecule is C/C=C(/C)C(=O)OCC1=C[C@@H]2C(=O)[C@]3(C=C(C)[C@H](O)[C@@]3(O)[C@@H]1O)[C@H](C)C[C@@H]1[C@H]2C1(C)C.C/C=C(/C)C(=O)OCC1=C[C@@H]2C(=O)[C@]3(C=C(C)[C@H](OC(=O)/C(C)=C\C)[C@@]3(O)[C@@H]1O)[C@H](C)C[C@@H]1[C@H]2C1(C)C.C/C=C(/C)C(=O)O[C@@H]1C(CO)=C[C@@H]2C(=O)[C@]3(C=C(C)[C@H](O)[C@@]13O)[C@H](C)C[C@@H]1[C@H]2C1(C)C.CC1=C[C@]23C(=O)[C@@H](C=C(CO)[C@@H](O)[C@]2(O)[C@H]1O)[C@H]1[C@@H](C[C@H]3C)C1(C)C.O.[Li+].[OH-].